The Morgan fingerprint density at radius 1 is 1.24 bits per heavy atom. The van der Waals surface area contributed by atoms with Gasteiger partial charge in [0.05, 0.1) is 18.4 Å². The monoisotopic (exact) mass is 366 g/mol. The average Bonchev–Trinajstić information content (AvgIpc) is 3.26. The lowest BCUT2D eigenvalue weighted by Crippen LogP contribution is -2.37. The normalized spacial score (nSPS) is 21.6. The molecule has 7 heteroatoms. The Labute approximate surface area is 154 Å². The number of nitrogens with one attached hydrogen (secondary N) is 1. The first-order valence-electron chi connectivity index (χ1n) is 9.72. The minimum Gasteiger partial charge on any atom is -0.376 e. The first-order valence-corrected chi connectivity index (χ1v) is 10.7. The van der Waals surface area contributed by atoms with Gasteiger partial charge in [-0.3, -0.25) is 4.79 Å². The molecule has 0 unspecified atom stereocenters. The van der Waals surface area contributed by atoms with E-state index >= 15 is 0 Å². The summed E-state index contributed by atoms with van der Waals surface area (Å²) >= 11 is 1.50. The minimum absolute atomic E-state index is 0.112. The van der Waals surface area contributed by atoms with E-state index in [0.29, 0.717) is 11.8 Å². The maximum Gasteiger partial charge on any atom is 0.230 e. The molecule has 1 aromatic rings. The van der Waals surface area contributed by atoms with E-state index in [1.165, 1.54) is 31.0 Å². The standard InChI is InChI=1S/C18H30N4O2S/c1-2-7-16-20-21-18(22(16)12-15-10-6-11-24-15)25-13-17(23)19-14-8-4-3-5-9-14/h14-15H,2-13H2,1H3,(H,19,23)/t15-/m1/s1. The van der Waals surface area contributed by atoms with E-state index < -0.39 is 0 Å². The van der Waals surface area contributed by atoms with Crippen molar-refractivity contribution < 1.29 is 9.53 Å². The highest BCUT2D eigenvalue weighted by Crippen LogP contribution is 2.22. The number of hydrogen-bond acceptors (Lipinski definition) is 5. The molecule has 0 radical (unpaired) electrons. The summed E-state index contributed by atoms with van der Waals surface area (Å²) in [5.41, 5.74) is 0. The fraction of sp³-hybridized carbons (Fsp3) is 0.833. The van der Waals surface area contributed by atoms with E-state index in [2.05, 4.69) is 27.0 Å². The Kier molecular flexibility index (Phi) is 7.16. The van der Waals surface area contributed by atoms with Crippen LogP contribution in [0.4, 0.5) is 0 Å². The number of carbonyl (C=O) groups is 1. The first kappa shape index (κ1) is 18.7. The summed E-state index contributed by atoms with van der Waals surface area (Å²) in [6.07, 6.45) is 10.4. The fourth-order valence-corrected chi connectivity index (χ4v) is 4.43. The first-order chi connectivity index (χ1) is 12.3. The molecule has 1 saturated carbocycles. The van der Waals surface area contributed by atoms with Crippen molar-refractivity contribution >= 4 is 17.7 Å². The van der Waals surface area contributed by atoms with Gasteiger partial charge < -0.3 is 14.6 Å². The number of nitrogens with zero attached hydrogens (tertiary/aromatic N) is 3. The Bertz CT molecular complexity index is 551. The van der Waals surface area contributed by atoms with Crippen molar-refractivity contribution in [2.75, 3.05) is 12.4 Å². The largest absolute Gasteiger partial charge is 0.376 e. The van der Waals surface area contributed by atoms with Crippen LogP contribution in [0.2, 0.25) is 0 Å². The maximum absolute atomic E-state index is 12.3. The van der Waals surface area contributed by atoms with Gasteiger partial charge in [-0.25, -0.2) is 0 Å². The summed E-state index contributed by atoms with van der Waals surface area (Å²) < 4.78 is 7.94. The highest BCUT2D eigenvalue weighted by molar-refractivity contribution is 7.99. The molecule has 25 heavy (non-hydrogen) atoms. The molecule has 0 bridgehead atoms. The van der Waals surface area contributed by atoms with Gasteiger partial charge in [0, 0.05) is 19.1 Å². The smallest absolute Gasteiger partial charge is 0.230 e. The molecule has 1 aliphatic heterocycles. The lowest BCUT2D eigenvalue weighted by molar-refractivity contribution is -0.119. The topological polar surface area (TPSA) is 69.0 Å². The number of rotatable bonds is 8. The van der Waals surface area contributed by atoms with Gasteiger partial charge in [0.25, 0.3) is 0 Å². The van der Waals surface area contributed by atoms with Crippen LogP contribution in [-0.2, 0) is 22.5 Å². The van der Waals surface area contributed by atoms with Crippen molar-refractivity contribution in [3.05, 3.63) is 5.82 Å². The van der Waals surface area contributed by atoms with Gasteiger partial charge in [0.2, 0.25) is 5.91 Å². The molecule has 1 atom stereocenters. The summed E-state index contributed by atoms with van der Waals surface area (Å²) in [5.74, 6) is 1.53. The van der Waals surface area contributed by atoms with Crippen LogP contribution in [-0.4, -0.2) is 45.2 Å². The molecular formula is C18H30N4O2S. The van der Waals surface area contributed by atoms with E-state index in [9.17, 15) is 4.79 Å². The highest BCUT2D eigenvalue weighted by Gasteiger charge is 2.22. The second-order valence-corrected chi connectivity index (χ2v) is 8.03. The van der Waals surface area contributed by atoms with Gasteiger partial charge in [0.1, 0.15) is 5.82 Å². The van der Waals surface area contributed by atoms with Crippen molar-refractivity contribution in [3.63, 3.8) is 0 Å². The van der Waals surface area contributed by atoms with Crippen LogP contribution in [0.25, 0.3) is 0 Å². The quantitative estimate of drug-likeness (QED) is 0.717. The van der Waals surface area contributed by atoms with Crippen LogP contribution in [0.3, 0.4) is 0 Å². The summed E-state index contributed by atoms with van der Waals surface area (Å²) in [6.45, 7) is 3.80. The molecule has 2 heterocycles. The molecule has 3 rings (SSSR count). The Balaban J connectivity index is 1.55. The van der Waals surface area contributed by atoms with Gasteiger partial charge in [-0.05, 0) is 32.1 Å². The summed E-state index contributed by atoms with van der Waals surface area (Å²) in [7, 11) is 0. The van der Waals surface area contributed by atoms with Crippen LogP contribution in [0.1, 0.15) is 64.1 Å². The SMILES string of the molecule is CCCc1nnc(SCC(=O)NC2CCCCC2)n1C[C@H]1CCCO1. The number of hydrogen-bond donors (Lipinski definition) is 1. The number of amides is 1. The van der Waals surface area contributed by atoms with Crippen LogP contribution in [0, 0.1) is 0 Å². The summed E-state index contributed by atoms with van der Waals surface area (Å²) in [6, 6.07) is 0.363. The molecule has 2 aliphatic rings. The molecule has 1 amide bonds. The Morgan fingerprint density at radius 3 is 2.80 bits per heavy atom. The van der Waals surface area contributed by atoms with Gasteiger partial charge in [-0.2, -0.15) is 0 Å². The molecule has 1 saturated heterocycles. The number of aryl methyl sites for hydroxylation is 1. The number of aromatic nitrogens is 3. The molecular weight excluding hydrogens is 336 g/mol. The molecule has 1 aliphatic carbocycles. The van der Waals surface area contributed by atoms with Gasteiger partial charge >= 0.3 is 0 Å². The summed E-state index contributed by atoms with van der Waals surface area (Å²) in [5, 5.41) is 12.7. The third-order valence-corrected chi connectivity index (χ3v) is 5.95. The van der Waals surface area contributed by atoms with Crippen LogP contribution in [0.5, 0.6) is 0 Å². The zero-order valence-corrected chi connectivity index (χ0v) is 16.0. The van der Waals surface area contributed by atoms with Gasteiger partial charge in [-0.1, -0.05) is 37.9 Å². The molecule has 1 aromatic heterocycles. The Hall–Kier alpha value is -1.08. The number of thioether (sulfide) groups is 1. The molecule has 1 N–H and O–H groups in total. The van der Waals surface area contributed by atoms with Crippen molar-refractivity contribution in [1.29, 1.82) is 0 Å². The molecule has 140 valence electrons. The predicted molar refractivity (Wildman–Crippen MR) is 98.7 cm³/mol. The second-order valence-electron chi connectivity index (χ2n) is 7.09. The summed E-state index contributed by atoms with van der Waals surface area (Å²) in [4.78, 5) is 12.3. The number of carbonyl (C=O) groups excluding carboxylic acids is 1. The van der Waals surface area contributed by atoms with Crippen molar-refractivity contribution in [3.8, 4) is 0 Å². The predicted octanol–water partition coefficient (Wildman–Crippen LogP) is 2.95. The van der Waals surface area contributed by atoms with Crippen molar-refractivity contribution in [2.45, 2.75) is 88.6 Å². The highest BCUT2D eigenvalue weighted by atomic mass is 32.2. The maximum atomic E-state index is 12.3. The van der Waals surface area contributed by atoms with E-state index in [-0.39, 0.29) is 12.0 Å². The van der Waals surface area contributed by atoms with E-state index in [0.717, 1.165) is 62.7 Å². The molecule has 2 fully saturated rings. The lowest BCUT2D eigenvalue weighted by atomic mass is 9.95. The average molecular weight is 367 g/mol. The molecule has 0 spiro atoms. The van der Waals surface area contributed by atoms with Crippen LogP contribution >= 0.6 is 11.8 Å². The third-order valence-electron chi connectivity index (χ3n) is 4.98. The van der Waals surface area contributed by atoms with E-state index in [1.807, 2.05) is 0 Å². The Morgan fingerprint density at radius 2 is 2.08 bits per heavy atom. The van der Waals surface area contributed by atoms with Crippen molar-refractivity contribution in [2.24, 2.45) is 0 Å². The zero-order chi connectivity index (χ0) is 17.5. The van der Waals surface area contributed by atoms with Gasteiger partial charge in [0.15, 0.2) is 5.16 Å². The van der Waals surface area contributed by atoms with E-state index in [1.54, 1.807) is 0 Å². The molecule has 0 aromatic carbocycles. The van der Waals surface area contributed by atoms with Crippen LogP contribution < -0.4 is 5.32 Å². The van der Waals surface area contributed by atoms with Crippen LogP contribution in [0.15, 0.2) is 5.16 Å². The zero-order valence-electron chi connectivity index (χ0n) is 15.2. The third kappa shape index (κ3) is 5.45. The van der Waals surface area contributed by atoms with Gasteiger partial charge in [-0.15, -0.1) is 10.2 Å². The van der Waals surface area contributed by atoms with E-state index in [4.69, 9.17) is 4.74 Å². The second kappa shape index (κ2) is 9.57. The number of ether oxygens (including phenoxy) is 1. The fourth-order valence-electron chi connectivity index (χ4n) is 3.66. The minimum atomic E-state index is 0.112. The lowest BCUT2D eigenvalue weighted by Gasteiger charge is -2.22. The van der Waals surface area contributed by atoms with Crippen molar-refractivity contribution in [1.82, 2.24) is 20.1 Å². The molecule has 6 nitrogen and oxygen atoms in total.